The molecule has 0 saturated heterocycles. The first kappa shape index (κ1) is 16.1. The molecule has 17 heavy (non-hydrogen) atoms. The predicted molar refractivity (Wildman–Crippen MR) is 65.3 cm³/mol. The summed E-state index contributed by atoms with van der Waals surface area (Å²) in [6.45, 7) is 8.15. The van der Waals surface area contributed by atoms with Gasteiger partial charge in [0.1, 0.15) is 0 Å². The summed E-state index contributed by atoms with van der Waals surface area (Å²) in [7, 11) is -4.04. The number of carbonyl (C=O) groups excluding carboxylic acids is 1. The maximum Gasteiger partial charge on any atom is 0.333 e. The van der Waals surface area contributed by atoms with E-state index in [1.807, 2.05) is 0 Å². The van der Waals surface area contributed by atoms with Gasteiger partial charge in [-0.2, -0.15) is 8.42 Å². The van der Waals surface area contributed by atoms with Gasteiger partial charge >= 0.3 is 5.97 Å². The van der Waals surface area contributed by atoms with Gasteiger partial charge in [0.25, 0.3) is 10.1 Å². The Labute approximate surface area is 103 Å². The van der Waals surface area contributed by atoms with Gasteiger partial charge in [0.05, 0.1) is 11.4 Å². The van der Waals surface area contributed by atoms with Crippen molar-refractivity contribution < 1.29 is 22.5 Å². The van der Waals surface area contributed by atoms with E-state index >= 15 is 0 Å². The molecule has 0 radical (unpaired) electrons. The van der Waals surface area contributed by atoms with E-state index in [0.29, 0.717) is 24.8 Å². The van der Waals surface area contributed by atoms with Crippen LogP contribution in [0.1, 0.15) is 40.0 Å². The normalized spacial score (nSPS) is 12.2. The van der Waals surface area contributed by atoms with Gasteiger partial charge in [-0.25, -0.2) is 4.79 Å². The van der Waals surface area contributed by atoms with Crippen LogP contribution in [-0.4, -0.2) is 30.3 Å². The number of carbonyl (C=O) groups is 1. The van der Waals surface area contributed by atoms with Crippen molar-refractivity contribution in [1.29, 1.82) is 0 Å². The summed E-state index contributed by atoms with van der Waals surface area (Å²) in [6, 6.07) is 0. The summed E-state index contributed by atoms with van der Waals surface area (Å²) in [6.07, 6.45) is 1.42. The molecular weight excluding hydrogens is 244 g/mol. The van der Waals surface area contributed by atoms with Crippen molar-refractivity contribution in [2.75, 3.05) is 6.61 Å². The van der Waals surface area contributed by atoms with Crippen LogP contribution in [0, 0.1) is 0 Å². The summed E-state index contributed by atoms with van der Waals surface area (Å²) in [5, 5.41) is 0. The summed E-state index contributed by atoms with van der Waals surface area (Å²) >= 11 is 0. The van der Waals surface area contributed by atoms with Crippen molar-refractivity contribution in [3.63, 3.8) is 0 Å². The van der Waals surface area contributed by atoms with E-state index in [9.17, 15) is 13.2 Å². The number of hydrogen-bond donors (Lipinski definition) is 1. The number of unbranched alkanes of at least 4 members (excludes halogenated alkanes) is 1. The van der Waals surface area contributed by atoms with Crippen molar-refractivity contribution in [2.45, 2.75) is 44.8 Å². The second-order valence-corrected chi connectivity index (χ2v) is 6.66. The molecule has 0 heterocycles. The molecule has 0 aliphatic carbocycles. The predicted octanol–water partition coefficient (Wildman–Crippen LogP) is 1.94. The SMILES string of the molecule is C=C(C)C(=O)OCCCCC(C)(C)S(=O)(=O)O. The molecule has 0 unspecified atom stereocenters. The quantitative estimate of drug-likeness (QED) is 0.329. The number of ether oxygens (including phenoxy) is 1. The molecule has 0 spiro atoms. The molecule has 0 aromatic carbocycles. The molecular formula is C11H20O5S. The van der Waals surface area contributed by atoms with E-state index in [-0.39, 0.29) is 6.61 Å². The molecule has 0 saturated carbocycles. The zero-order valence-corrected chi connectivity index (χ0v) is 11.3. The van der Waals surface area contributed by atoms with Crippen LogP contribution < -0.4 is 0 Å². The summed E-state index contributed by atoms with van der Waals surface area (Å²) in [5.74, 6) is -0.445. The molecule has 0 amide bonds. The van der Waals surface area contributed by atoms with Crippen molar-refractivity contribution in [1.82, 2.24) is 0 Å². The van der Waals surface area contributed by atoms with Gasteiger partial charge in [0.15, 0.2) is 0 Å². The van der Waals surface area contributed by atoms with E-state index in [2.05, 4.69) is 6.58 Å². The van der Waals surface area contributed by atoms with Crippen LogP contribution in [0.15, 0.2) is 12.2 Å². The average Bonchev–Trinajstić information content (AvgIpc) is 2.14. The van der Waals surface area contributed by atoms with E-state index in [4.69, 9.17) is 9.29 Å². The first-order valence-corrected chi connectivity index (χ1v) is 6.81. The van der Waals surface area contributed by atoms with Gasteiger partial charge in [-0.15, -0.1) is 0 Å². The second-order valence-electron chi connectivity index (χ2n) is 4.61. The van der Waals surface area contributed by atoms with E-state index in [1.54, 1.807) is 6.92 Å². The fourth-order valence-corrected chi connectivity index (χ4v) is 1.47. The molecule has 1 N–H and O–H groups in total. The Balaban J connectivity index is 3.88. The van der Waals surface area contributed by atoms with Crippen molar-refractivity contribution in [2.24, 2.45) is 0 Å². The Kier molecular flexibility index (Phi) is 5.84. The van der Waals surface area contributed by atoms with Gasteiger partial charge in [-0.05, 0) is 40.0 Å². The molecule has 0 bridgehead atoms. The van der Waals surface area contributed by atoms with Crippen molar-refractivity contribution in [3.05, 3.63) is 12.2 Å². The molecule has 0 aliphatic heterocycles. The number of rotatable bonds is 7. The average molecular weight is 264 g/mol. The first-order chi connectivity index (χ1) is 7.58. The van der Waals surface area contributed by atoms with Crippen LogP contribution in [0.3, 0.4) is 0 Å². The maximum atomic E-state index is 11.0. The minimum absolute atomic E-state index is 0.229. The lowest BCUT2D eigenvalue weighted by Gasteiger charge is -2.20. The van der Waals surface area contributed by atoms with Crippen molar-refractivity contribution in [3.8, 4) is 0 Å². The molecule has 0 aliphatic rings. The first-order valence-electron chi connectivity index (χ1n) is 5.37. The van der Waals surface area contributed by atoms with Crippen molar-refractivity contribution >= 4 is 16.1 Å². The van der Waals surface area contributed by atoms with Crippen LogP contribution in [0.5, 0.6) is 0 Å². The van der Waals surface area contributed by atoms with Gasteiger partial charge in [-0.3, -0.25) is 4.55 Å². The summed E-state index contributed by atoms with van der Waals surface area (Å²) in [5.41, 5.74) is 0.336. The fraction of sp³-hybridized carbons (Fsp3) is 0.727. The third kappa shape index (κ3) is 5.83. The number of esters is 1. The number of hydrogen-bond acceptors (Lipinski definition) is 4. The topological polar surface area (TPSA) is 80.7 Å². The molecule has 5 nitrogen and oxygen atoms in total. The van der Waals surface area contributed by atoms with Crippen LogP contribution in [0.4, 0.5) is 0 Å². The molecule has 0 rings (SSSR count). The third-order valence-electron chi connectivity index (χ3n) is 2.45. The van der Waals surface area contributed by atoms with Crippen LogP contribution in [0.2, 0.25) is 0 Å². The Bertz CT molecular complexity index is 381. The Hall–Kier alpha value is -0.880. The minimum Gasteiger partial charge on any atom is -0.462 e. The van der Waals surface area contributed by atoms with Crippen LogP contribution in [0.25, 0.3) is 0 Å². The maximum absolute atomic E-state index is 11.0. The zero-order valence-electron chi connectivity index (χ0n) is 10.5. The molecule has 0 atom stereocenters. The highest BCUT2D eigenvalue weighted by Gasteiger charge is 2.31. The summed E-state index contributed by atoms with van der Waals surface area (Å²) in [4.78, 5) is 11.0. The summed E-state index contributed by atoms with van der Waals surface area (Å²) < 4.78 is 34.6. The Morgan fingerprint density at radius 2 is 1.88 bits per heavy atom. The van der Waals surface area contributed by atoms with Gasteiger partial charge < -0.3 is 4.74 Å². The molecule has 100 valence electrons. The highest BCUT2D eigenvalue weighted by Crippen LogP contribution is 2.22. The van der Waals surface area contributed by atoms with E-state index in [1.165, 1.54) is 13.8 Å². The van der Waals surface area contributed by atoms with Gasteiger partial charge in [0, 0.05) is 5.57 Å². The van der Waals surface area contributed by atoms with E-state index in [0.717, 1.165) is 0 Å². The second kappa shape index (κ2) is 6.16. The lowest BCUT2D eigenvalue weighted by Crippen LogP contribution is -2.31. The highest BCUT2D eigenvalue weighted by molar-refractivity contribution is 7.87. The third-order valence-corrected chi connectivity index (χ3v) is 4.05. The zero-order chi connectivity index (χ0) is 13.7. The Morgan fingerprint density at radius 3 is 2.29 bits per heavy atom. The smallest absolute Gasteiger partial charge is 0.333 e. The molecule has 0 aromatic rings. The molecule has 6 heteroatoms. The lowest BCUT2D eigenvalue weighted by atomic mass is 10.1. The largest absolute Gasteiger partial charge is 0.462 e. The standard InChI is InChI=1S/C11H20O5S/c1-9(2)10(12)16-8-6-5-7-11(3,4)17(13,14)15/h1,5-8H2,2-4H3,(H,13,14,15). The fourth-order valence-electron chi connectivity index (χ4n) is 1.07. The van der Waals surface area contributed by atoms with Gasteiger partial charge in [-0.1, -0.05) is 6.58 Å². The van der Waals surface area contributed by atoms with Gasteiger partial charge in [0.2, 0.25) is 0 Å². The highest BCUT2D eigenvalue weighted by atomic mass is 32.2. The van der Waals surface area contributed by atoms with Crippen LogP contribution >= 0.6 is 0 Å². The molecule has 0 aromatic heterocycles. The molecule has 0 fully saturated rings. The minimum atomic E-state index is -4.04. The lowest BCUT2D eigenvalue weighted by molar-refractivity contribution is -0.139. The Morgan fingerprint density at radius 1 is 1.35 bits per heavy atom. The van der Waals surface area contributed by atoms with Crippen LogP contribution in [-0.2, 0) is 19.6 Å². The monoisotopic (exact) mass is 264 g/mol. The van der Waals surface area contributed by atoms with E-state index < -0.39 is 20.8 Å².